The fourth-order valence-corrected chi connectivity index (χ4v) is 2.05. The summed E-state index contributed by atoms with van der Waals surface area (Å²) in [6.07, 6.45) is 0.827. The molecule has 1 aliphatic heterocycles. The Labute approximate surface area is 97.2 Å². The van der Waals surface area contributed by atoms with Gasteiger partial charge in [0.2, 0.25) is 0 Å². The van der Waals surface area contributed by atoms with E-state index in [1.807, 2.05) is 0 Å². The number of aromatic nitrogens is 1. The molecule has 0 aromatic carbocycles. The van der Waals surface area contributed by atoms with Crippen LogP contribution in [0.1, 0.15) is 6.42 Å². The number of ether oxygens (including phenoxy) is 1. The fraction of sp³-hybridized carbons (Fsp3) is 0.545. The maximum atomic E-state index is 13.5. The third-order valence-corrected chi connectivity index (χ3v) is 2.86. The maximum absolute atomic E-state index is 13.5. The van der Waals surface area contributed by atoms with Gasteiger partial charge in [0, 0.05) is 32.2 Å². The quantitative estimate of drug-likeness (QED) is 0.762. The smallest absolute Gasteiger partial charge is 0.251 e. The first-order valence-corrected chi connectivity index (χ1v) is 5.37. The number of anilines is 1. The molecule has 1 atom stereocenters. The highest BCUT2D eigenvalue weighted by atomic mass is 19.2. The molecule has 0 spiro atoms. The van der Waals surface area contributed by atoms with Gasteiger partial charge in [-0.1, -0.05) is 0 Å². The molecule has 3 nitrogen and oxygen atoms in total. The molecule has 0 bridgehead atoms. The van der Waals surface area contributed by atoms with Crippen LogP contribution in [0.25, 0.3) is 0 Å². The van der Waals surface area contributed by atoms with Crippen LogP contribution in [0.15, 0.2) is 6.07 Å². The second kappa shape index (κ2) is 4.91. The van der Waals surface area contributed by atoms with Crippen molar-refractivity contribution in [1.82, 2.24) is 4.98 Å². The summed E-state index contributed by atoms with van der Waals surface area (Å²) in [6, 6.07) is 0.529. The molecule has 6 heteroatoms. The molecule has 1 aliphatic rings. The molecule has 2 heterocycles. The summed E-state index contributed by atoms with van der Waals surface area (Å²) < 4.78 is 44.1. The van der Waals surface area contributed by atoms with Crippen molar-refractivity contribution >= 4 is 5.82 Å². The van der Waals surface area contributed by atoms with E-state index in [4.69, 9.17) is 4.74 Å². The van der Waals surface area contributed by atoms with Gasteiger partial charge < -0.3 is 9.64 Å². The first-order valence-electron chi connectivity index (χ1n) is 5.37. The Morgan fingerprint density at radius 1 is 1.41 bits per heavy atom. The molecule has 1 saturated heterocycles. The summed E-state index contributed by atoms with van der Waals surface area (Å²) in [4.78, 5) is 4.93. The molecular weight excluding hydrogens is 233 g/mol. The number of rotatable bonds is 3. The second-order valence-electron chi connectivity index (χ2n) is 4.12. The van der Waals surface area contributed by atoms with E-state index in [2.05, 4.69) is 4.98 Å². The topological polar surface area (TPSA) is 25.4 Å². The van der Waals surface area contributed by atoms with E-state index in [1.165, 1.54) is 0 Å². The van der Waals surface area contributed by atoms with E-state index in [0.717, 1.165) is 6.42 Å². The Morgan fingerprint density at radius 3 is 2.88 bits per heavy atom. The second-order valence-corrected chi connectivity index (χ2v) is 4.12. The minimum atomic E-state index is -1.27. The molecule has 17 heavy (non-hydrogen) atoms. The zero-order valence-electron chi connectivity index (χ0n) is 9.42. The van der Waals surface area contributed by atoms with Crippen LogP contribution < -0.4 is 4.90 Å². The van der Waals surface area contributed by atoms with Crippen LogP contribution in [-0.2, 0) is 4.74 Å². The summed E-state index contributed by atoms with van der Waals surface area (Å²) in [5.41, 5.74) is 0. The molecule has 1 aromatic rings. The summed E-state index contributed by atoms with van der Waals surface area (Å²) in [6.45, 7) is 1.69. The molecular formula is C11H13F3N2O. The average Bonchev–Trinajstić information content (AvgIpc) is 2.72. The Morgan fingerprint density at radius 2 is 2.18 bits per heavy atom. The summed E-state index contributed by atoms with van der Waals surface area (Å²) >= 11 is 0. The highest BCUT2D eigenvalue weighted by Crippen LogP contribution is 2.25. The minimum absolute atomic E-state index is 0.123. The van der Waals surface area contributed by atoms with Crippen LogP contribution in [0, 0.1) is 23.5 Å². The van der Waals surface area contributed by atoms with E-state index in [-0.39, 0.29) is 11.7 Å². The SMILES string of the molecule is COCC1CCN(c2nc(F)c(F)cc2F)C1. The highest BCUT2D eigenvalue weighted by molar-refractivity contribution is 5.41. The van der Waals surface area contributed by atoms with E-state index in [0.29, 0.717) is 25.8 Å². The molecule has 1 unspecified atom stereocenters. The van der Waals surface area contributed by atoms with Crippen LogP contribution in [0.4, 0.5) is 19.0 Å². The van der Waals surface area contributed by atoms with Crippen molar-refractivity contribution in [3.05, 3.63) is 23.6 Å². The zero-order chi connectivity index (χ0) is 12.4. The van der Waals surface area contributed by atoms with E-state index < -0.39 is 17.6 Å². The largest absolute Gasteiger partial charge is 0.384 e. The molecule has 0 radical (unpaired) electrons. The predicted octanol–water partition coefficient (Wildman–Crippen LogP) is 1.97. The van der Waals surface area contributed by atoms with Gasteiger partial charge in [0.25, 0.3) is 5.95 Å². The lowest BCUT2D eigenvalue weighted by molar-refractivity contribution is 0.161. The fourth-order valence-electron chi connectivity index (χ4n) is 2.05. The number of methoxy groups -OCH3 is 1. The summed E-state index contributed by atoms with van der Waals surface area (Å²) in [7, 11) is 1.60. The summed E-state index contributed by atoms with van der Waals surface area (Å²) in [5, 5.41) is 0. The number of hydrogen-bond donors (Lipinski definition) is 0. The molecule has 1 aromatic heterocycles. The van der Waals surface area contributed by atoms with Gasteiger partial charge in [-0.25, -0.2) is 8.78 Å². The number of pyridine rings is 1. The number of halogens is 3. The van der Waals surface area contributed by atoms with Crippen LogP contribution in [0.5, 0.6) is 0 Å². The van der Waals surface area contributed by atoms with E-state index in [1.54, 1.807) is 12.0 Å². The van der Waals surface area contributed by atoms with Gasteiger partial charge in [0.1, 0.15) is 0 Å². The van der Waals surface area contributed by atoms with Gasteiger partial charge in [0.15, 0.2) is 17.5 Å². The first-order chi connectivity index (χ1) is 8.11. The lowest BCUT2D eigenvalue weighted by Gasteiger charge is -2.18. The van der Waals surface area contributed by atoms with E-state index >= 15 is 0 Å². The van der Waals surface area contributed by atoms with Crippen LogP contribution in [0.2, 0.25) is 0 Å². The standard InChI is InChI=1S/C11H13F3N2O/c1-17-6-7-2-3-16(5-7)11-9(13)4-8(12)10(14)15-11/h4,7H,2-3,5-6H2,1H3. The van der Waals surface area contributed by atoms with Crippen molar-refractivity contribution in [2.45, 2.75) is 6.42 Å². The molecule has 94 valence electrons. The third kappa shape index (κ3) is 2.52. The van der Waals surface area contributed by atoms with Gasteiger partial charge in [-0.3, -0.25) is 0 Å². The Hall–Kier alpha value is -1.30. The monoisotopic (exact) mass is 246 g/mol. The lowest BCUT2D eigenvalue weighted by Crippen LogP contribution is -2.23. The van der Waals surface area contributed by atoms with Crippen molar-refractivity contribution in [1.29, 1.82) is 0 Å². The minimum Gasteiger partial charge on any atom is -0.384 e. The Bertz CT molecular complexity index is 414. The van der Waals surface area contributed by atoms with Crippen LogP contribution in [-0.4, -0.2) is 31.8 Å². The zero-order valence-corrected chi connectivity index (χ0v) is 9.42. The van der Waals surface area contributed by atoms with Gasteiger partial charge in [-0.2, -0.15) is 9.37 Å². The van der Waals surface area contributed by atoms with Gasteiger partial charge in [-0.05, 0) is 6.42 Å². The third-order valence-electron chi connectivity index (χ3n) is 2.86. The van der Waals surface area contributed by atoms with E-state index in [9.17, 15) is 13.2 Å². The van der Waals surface area contributed by atoms with Crippen molar-refractivity contribution < 1.29 is 17.9 Å². The molecule has 1 fully saturated rings. The Balaban J connectivity index is 2.16. The number of nitrogens with zero attached hydrogens (tertiary/aromatic N) is 2. The van der Waals surface area contributed by atoms with Crippen molar-refractivity contribution in [3.8, 4) is 0 Å². The Kier molecular flexibility index (Phi) is 3.51. The van der Waals surface area contributed by atoms with Crippen LogP contribution in [0.3, 0.4) is 0 Å². The molecule has 2 rings (SSSR count). The highest BCUT2D eigenvalue weighted by Gasteiger charge is 2.26. The lowest BCUT2D eigenvalue weighted by atomic mass is 10.1. The van der Waals surface area contributed by atoms with Crippen molar-refractivity contribution in [3.63, 3.8) is 0 Å². The molecule has 0 saturated carbocycles. The molecule has 0 aliphatic carbocycles. The normalized spacial score (nSPS) is 20.0. The average molecular weight is 246 g/mol. The maximum Gasteiger partial charge on any atom is 0.251 e. The van der Waals surface area contributed by atoms with Gasteiger partial charge in [-0.15, -0.1) is 0 Å². The van der Waals surface area contributed by atoms with Gasteiger partial charge >= 0.3 is 0 Å². The van der Waals surface area contributed by atoms with Crippen molar-refractivity contribution in [2.24, 2.45) is 5.92 Å². The number of hydrogen-bond acceptors (Lipinski definition) is 3. The summed E-state index contributed by atoms with van der Waals surface area (Å²) in [5.74, 6) is -3.21. The molecule has 0 N–H and O–H groups in total. The first kappa shape index (κ1) is 12.2. The molecule has 0 amide bonds. The predicted molar refractivity (Wildman–Crippen MR) is 56.3 cm³/mol. The van der Waals surface area contributed by atoms with Gasteiger partial charge in [0.05, 0.1) is 6.61 Å². The van der Waals surface area contributed by atoms with Crippen LogP contribution >= 0.6 is 0 Å². The van der Waals surface area contributed by atoms with Crippen molar-refractivity contribution in [2.75, 3.05) is 31.7 Å².